The molecule has 0 heterocycles. The molecule has 104 valence electrons. The van der Waals surface area contributed by atoms with Crippen LogP contribution in [-0.2, 0) is 11.2 Å². The van der Waals surface area contributed by atoms with E-state index in [0.29, 0.717) is 24.2 Å². The predicted octanol–water partition coefficient (Wildman–Crippen LogP) is 1.05. The lowest BCUT2D eigenvalue weighted by Gasteiger charge is -2.09. The number of rotatable bonds is 6. The van der Waals surface area contributed by atoms with Gasteiger partial charge in [-0.15, -0.1) is 0 Å². The number of amides is 2. The third-order valence-corrected chi connectivity index (χ3v) is 2.61. The molecule has 6 nitrogen and oxygen atoms in total. The van der Waals surface area contributed by atoms with Gasteiger partial charge in [0.1, 0.15) is 0 Å². The van der Waals surface area contributed by atoms with Gasteiger partial charge in [0.15, 0.2) is 0 Å². The van der Waals surface area contributed by atoms with Gasteiger partial charge in [0.2, 0.25) is 0 Å². The minimum Gasteiger partial charge on any atom is -0.450 e. The van der Waals surface area contributed by atoms with Crippen molar-refractivity contribution < 1.29 is 14.3 Å². The van der Waals surface area contributed by atoms with Crippen molar-refractivity contribution in [2.24, 2.45) is 5.73 Å². The smallest absolute Gasteiger partial charge is 0.404 e. The molecule has 1 aromatic carbocycles. The van der Waals surface area contributed by atoms with E-state index in [1.54, 1.807) is 18.2 Å². The van der Waals surface area contributed by atoms with Gasteiger partial charge in [-0.25, -0.2) is 4.79 Å². The summed E-state index contributed by atoms with van der Waals surface area (Å²) in [6, 6.07) is 5.21. The molecular formula is C13H19N3O3. The minimum absolute atomic E-state index is 0.157. The van der Waals surface area contributed by atoms with Crippen LogP contribution in [-0.4, -0.2) is 25.2 Å². The number of anilines is 1. The highest BCUT2D eigenvalue weighted by molar-refractivity contribution is 5.96. The van der Waals surface area contributed by atoms with Crippen molar-refractivity contribution in [2.45, 2.75) is 19.8 Å². The zero-order valence-electron chi connectivity index (χ0n) is 10.9. The highest BCUT2D eigenvalue weighted by Crippen LogP contribution is 2.14. The number of aryl methyl sites for hydroxylation is 1. The average Bonchev–Trinajstić information content (AvgIpc) is 2.37. The first kappa shape index (κ1) is 14.8. The van der Waals surface area contributed by atoms with E-state index in [1.807, 2.05) is 6.92 Å². The zero-order chi connectivity index (χ0) is 14.3. The maximum Gasteiger partial charge on any atom is 0.404 e. The van der Waals surface area contributed by atoms with Gasteiger partial charge in [0.05, 0.1) is 6.61 Å². The summed E-state index contributed by atoms with van der Waals surface area (Å²) < 4.78 is 4.56. The Bertz CT molecular complexity index is 460. The summed E-state index contributed by atoms with van der Waals surface area (Å²) in [7, 11) is 0. The number of carbonyl (C=O) groups excluding carboxylic acids is 2. The monoisotopic (exact) mass is 265 g/mol. The second-order valence-corrected chi connectivity index (χ2v) is 4.05. The summed E-state index contributed by atoms with van der Waals surface area (Å²) in [5.74, 6) is -0.157. The number of nitrogens with one attached hydrogen (secondary N) is 1. The SMILES string of the molecule is CCc1cc(N)ccc1C(=O)NCCCOC(N)=O. The van der Waals surface area contributed by atoms with Gasteiger partial charge < -0.3 is 21.5 Å². The molecule has 0 aliphatic rings. The van der Waals surface area contributed by atoms with Crippen LogP contribution in [0.25, 0.3) is 0 Å². The Hall–Kier alpha value is -2.24. The molecule has 2 amide bonds. The molecule has 0 aliphatic heterocycles. The Morgan fingerprint density at radius 1 is 1.37 bits per heavy atom. The van der Waals surface area contributed by atoms with Crippen LogP contribution in [0.15, 0.2) is 18.2 Å². The summed E-state index contributed by atoms with van der Waals surface area (Å²) in [5.41, 5.74) is 12.7. The number of hydrogen-bond acceptors (Lipinski definition) is 4. The molecule has 0 spiro atoms. The maximum absolute atomic E-state index is 11.9. The number of nitrogen functional groups attached to an aromatic ring is 1. The molecule has 1 aromatic rings. The standard InChI is InChI=1S/C13H19N3O3/c1-2-9-8-10(14)4-5-11(9)12(17)16-6-3-7-19-13(15)18/h4-5,8H,2-3,6-7,14H2,1H3,(H2,15,18)(H,16,17). The van der Waals surface area contributed by atoms with Crippen molar-refractivity contribution in [1.82, 2.24) is 5.32 Å². The van der Waals surface area contributed by atoms with Crippen LogP contribution in [0.2, 0.25) is 0 Å². The fourth-order valence-electron chi connectivity index (χ4n) is 1.67. The van der Waals surface area contributed by atoms with E-state index in [9.17, 15) is 9.59 Å². The number of carbonyl (C=O) groups is 2. The van der Waals surface area contributed by atoms with Crippen LogP contribution >= 0.6 is 0 Å². The van der Waals surface area contributed by atoms with Crippen LogP contribution < -0.4 is 16.8 Å². The largest absolute Gasteiger partial charge is 0.450 e. The Kier molecular flexibility index (Phi) is 5.66. The maximum atomic E-state index is 11.9. The fraction of sp³-hybridized carbons (Fsp3) is 0.385. The predicted molar refractivity (Wildman–Crippen MR) is 72.7 cm³/mol. The molecule has 1 rings (SSSR count). The number of benzene rings is 1. The molecule has 0 aromatic heterocycles. The molecule has 0 bridgehead atoms. The second kappa shape index (κ2) is 7.25. The minimum atomic E-state index is -0.807. The zero-order valence-corrected chi connectivity index (χ0v) is 10.9. The molecule has 0 radical (unpaired) electrons. The van der Waals surface area contributed by atoms with E-state index in [-0.39, 0.29) is 12.5 Å². The van der Waals surface area contributed by atoms with Crippen LogP contribution in [0, 0.1) is 0 Å². The van der Waals surface area contributed by atoms with Crippen LogP contribution in [0.4, 0.5) is 10.5 Å². The highest BCUT2D eigenvalue weighted by atomic mass is 16.5. The van der Waals surface area contributed by atoms with E-state index >= 15 is 0 Å². The van der Waals surface area contributed by atoms with Gasteiger partial charge in [0, 0.05) is 17.8 Å². The van der Waals surface area contributed by atoms with Crippen molar-refractivity contribution in [2.75, 3.05) is 18.9 Å². The molecule has 19 heavy (non-hydrogen) atoms. The number of ether oxygens (including phenoxy) is 1. The van der Waals surface area contributed by atoms with Crippen molar-refractivity contribution in [3.8, 4) is 0 Å². The normalized spacial score (nSPS) is 9.95. The summed E-state index contributed by atoms with van der Waals surface area (Å²) >= 11 is 0. The van der Waals surface area contributed by atoms with Crippen molar-refractivity contribution in [3.05, 3.63) is 29.3 Å². The summed E-state index contributed by atoms with van der Waals surface area (Å²) in [6.07, 6.45) is 0.446. The Morgan fingerprint density at radius 2 is 2.11 bits per heavy atom. The number of hydrogen-bond donors (Lipinski definition) is 3. The van der Waals surface area contributed by atoms with E-state index in [1.165, 1.54) is 0 Å². The summed E-state index contributed by atoms with van der Waals surface area (Å²) in [6.45, 7) is 2.57. The number of primary amides is 1. The van der Waals surface area contributed by atoms with Gasteiger partial charge >= 0.3 is 6.09 Å². The first-order valence-corrected chi connectivity index (χ1v) is 6.13. The van der Waals surface area contributed by atoms with Crippen molar-refractivity contribution in [3.63, 3.8) is 0 Å². The molecule has 5 N–H and O–H groups in total. The Labute approximate surface area is 112 Å². The fourth-order valence-corrected chi connectivity index (χ4v) is 1.67. The lowest BCUT2D eigenvalue weighted by Crippen LogP contribution is -2.27. The molecular weight excluding hydrogens is 246 g/mol. The van der Waals surface area contributed by atoms with Gasteiger partial charge in [-0.05, 0) is 36.6 Å². The lowest BCUT2D eigenvalue weighted by atomic mass is 10.0. The van der Waals surface area contributed by atoms with E-state index < -0.39 is 6.09 Å². The quantitative estimate of drug-likeness (QED) is 0.527. The van der Waals surface area contributed by atoms with Crippen LogP contribution in [0.3, 0.4) is 0 Å². The van der Waals surface area contributed by atoms with Crippen molar-refractivity contribution in [1.29, 1.82) is 0 Å². The first-order valence-electron chi connectivity index (χ1n) is 6.13. The van der Waals surface area contributed by atoms with Gasteiger partial charge in [-0.1, -0.05) is 6.92 Å². The van der Waals surface area contributed by atoms with E-state index in [0.717, 1.165) is 12.0 Å². The molecule has 0 saturated heterocycles. The van der Waals surface area contributed by atoms with Crippen molar-refractivity contribution >= 4 is 17.7 Å². The highest BCUT2D eigenvalue weighted by Gasteiger charge is 2.09. The number of nitrogens with two attached hydrogens (primary N) is 2. The third-order valence-electron chi connectivity index (χ3n) is 2.61. The molecule has 0 unspecified atom stereocenters. The topological polar surface area (TPSA) is 107 Å². The van der Waals surface area contributed by atoms with Gasteiger partial charge in [0.25, 0.3) is 5.91 Å². The molecule has 0 fully saturated rings. The molecule has 0 aliphatic carbocycles. The lowest BCUT2D eigenvalue weighted by molar-refractivity contribution is 0.0949. The van der Waals surface area contributed by atoms with Crippen LogP contribution in [0.1, 0.15) is 29.3 Å². The summed E-state index contributed by atoms with van der Waals surface area (Å²) in [5, 5.41) is 2.75. The van der Waals surface area contributed by atoms with E-state index in [2.05, 4.69) is 10.1 Å². The molecule has 0 saturated carbocycles. The van der Waals surface area contributed by atoms with Gasteiger partial charge in [-0.2, -0.15) is 0 Å². The summed E-state index contributed by atoms with van der Waals surface area (Å²) in [4.78, 5) is 22.3. The first-order chi connectivity index (χ1) is 9.04. The second-order valence-electron chi connectivity index (χ2n) is 4.05. The van der Waals surface area contributed by atoms with Gasteiger partial charge in [-0.3, -0.25) is 4.79 Å². The average molecular weight is 265 g/mol. The molecule has 6 heteroatoms. The van der Waals surface area contributed by atoms with Crippen LogP contribution in [0.5, 0.6) is 0 Å². The third kappa shape index (κ3) is 4.87. The van der Waals surface area contributed by atoms with E-state index in [4.69, 9.17) is 11.5 Å². The molecule has 0 atom stereocenters. The Balaban J connectivity index is 2.47. The Morgan fingerprint density at radius 3 is 2.74 bits per heavy atom.